The Labute approximate surface area is 101 Å². The maximum atomic E-state index is 10.7. The van der Waals surface area contributed by atoms with Gasteiger partial charge >= 0.3 is 5.97 Å². The smallest absolute Gasteiger partial charge is 0.335 e. The average Bonchev–Trinajstić information content (AvgIpc) is 2.38. The van der Waals surface area contributed by atoms with Crippen LogP contribution >= 0.6 is 0 Å². The second-order valence-electron chi connectivity index (χ2n) is 4.11. The van der Waals surface area contributed by atoms with Gasteiger partial charge in [0.15, 0.2) is 0 Å². The van der Waals surface area contributed by atoms with E-state index in [2.05, 4.69) is 17.9 Å². The van der Waals surface area contributed by atoms with E-state index in [1.807, 2.05) is 0 Å². The van der Waals surface area contributed by atoms with Crippen molar-refractivity contribution < 1.29 is 9.90 Å². The van der Waals surface area contributed by atoms with E-state index in [-0.39, 0.29) is 0 Å². The summed E-state index contributed by atoms with van der Waals surface area (Å²) in [5.74, 6) is 5.32. The molecule has 0 aromatic heterocycles. The summed E-state index contributed by atoms with van der Waals surface area (Å²) in [6.07, 6.45) is 6.88. The Morgan fingerprint density at radius 3 is 2.47 bits per heavy atom. The Kier molecular flexibility index (Phi) is 3.62. The van der Waals surface area contributed by atoms with E-state index >= 15 is 0 Å². The van der Waals surface area contributed by atoms with Gasteiger partial charge in [0.25, 0.3) is 0 Å². The van der Waals surface area contributed by atoms with Crippen molar-refractivity contribution in [1.82, 2.24) is 0 Å². The summed E-state index contributed by atoms with van der Waals surface area (Å²) in [5.41, 5.74) is 2.37. The van der Waals surface area contributed by atoms with Crippen LogP contribution in [0.1, 0.15) is 41.6 Å². The van der Waals surface area contributed by atoms with Gasteiger partial charge in [-0.3, -0.25) is 0 Å². The van der Waals surface area contributed by atoms with Crippen LogP contribution in [0.4, 0.5) is 0 Å². The molecule has 0 saturated carbocycles. The molecule has 2 nitrogen and oxygen atoms in total. The molecule has 0 spiro atoms. The summed E-state index contributed by atoms with van der Waals surface area (Å²) in [7, 11) is 0. The highest BCUT2D eigenvalue weighted by molar-refractivity contribution is 5.87. The molecule has 1 aliphatic carbocycles. The number of rotatable bonds is 1. The Morgan fingerprint density at radius 1 is 1.12 bits per heavy atom. The Hall–Kier alpha value is -2.01. The quantitative estimate of drug-likeness (QED) is 0.746. The maximum absolute atomic E-state index is 10.7. The van der Waals surface area contributed by atoms with Gasteiger partial charge in [0.2, 0.25) is 0 Å². The van der Waals surface area contributed by atoms with Crippen LogP contribution < -0.4 is 0 Å². The summed E-state index contributed by atoms with van der Waals surface area (Å²) in [4.78, 5) is 10.7. The zero-order chi connectivity index (χ0) is 12.1. The van der Waals surface area contributed by atoms with Crippen molar-refractivity contribution in [3.05, 3.63) is 47.0 Å². The Balaban J connectivity index is 2.11. The summed E-state index contributed by atoms with van der Waals surface area (Å²) in [5, 5.41) is 8.76. The molecule has 1 aromatic carbocycles. The lowest BCUT2D eigenvalue weighted by atomic mass is 10.00. The first-order valence-corrected chi connectivity index (χ1v) is 5.80. The molecule has 86 valence electrons. The van der Waals surface area contributed by atoms with Crippen LogP contribution in [-0.2, 0) is 0 Å². The van der Waals surface area contributed by atoms with Crippen LogP contribution in [-0.4, -0.2) is 11.1 Å². The molecule has 1 aliphatic rings. The molecule has 0 bridgehead atoms. The van der Waals surface area contributed by atoms with E-state index in [9.17, 15) is 4.79 Å². The maximum Gasteiger partial charge on any atom is 0.335 e. The number of carboxylic acids is 1. The molecule has 0 amide bonds. The third-order valence-corrected chi connectivity index (χ3v) is 2.79. The lowest BCUT2D eigenvalue weighted by Gasteiger charge is -2.05. The predicted octanol–water partition coefficient (Wildman–Crippen LogP) is 3.24. The number of carboxylic acid groups (broad SMARTS) is 1. The van der Waals surface area contributed by atoms with Crippen molar-refractivity contribution in [2.24, 2.45) is 0 Å². The first-order chi connectivity index (χ1) is 8.25. The van der Waals surface area contributed by atoms with E-state index in [1.165, 1.54) is 18.4 Å². The first-order valence-electron chi connectivity index (χ1n) is 5.80. The number of carbonyl (C=O) groups is 1. The van der Waals surface area contributed by atoms with E-state index in [0.29, 0.717) is 5.56 Å². The van der Waals surface area contributed by atoms with Crippen molar-refractivity contribution in [2.75, 3.05) is 0 Å². The van der Waals surface area contributed by atoms with Gasteiger partial charge in [-0.1, -0.05) is 17.9 Å². The van der Waals surface area contributed by atoms with Crippen molar-refractivity contribution in [2.45, 2.75) is 25.7 Å². The molecular formula is C15H14O2. The van der Waals surface area contributed by atoms with Gasteiger partial charge in [-0.25, -0.2) is 4.79 Å². The van der Waals surface area contributed by atoms with Crippen LogP contribution in [0.15, 0.2) is 35.9 Å². The third-order valence-electron chi connectivity index (χ3n) is 2.79. The molecule has 0 unspecified atom stereocenters. The summed E-state index contributed by atoms with van der Waals surface area (Å²) < 4.78 is 0. The zero-order valence-electron chi connectivity index (χ0n) is 9.57. The van der Waals surface area contributed by atoms with Crippen LogP contribution in [0.3, 0.4) is 0 Å². The molecule has 2 heteroatoms. The van der Waals surface area contributed by atoms with Crippen molar-refractivity contribution in [3.63, 3.8) is 0 Å². The Morgan fingerprint density at radius 2 is 1.88 bits per heavy atom. The largest absolute Gasteiger partial charge is 0.478 e. The van der Waals surface area contributed by atoms with Crippen LogP contribution in [0.25, 0.3) is 0 Å². The fraction of sp³-hybridized carbons (Fsp3) is 0.267. The number of benzene rings is 1. The molecule has 17 heavy (non-hydrogen) atoms. The zero-order valence-corrected chi connectivity index (χ0v) is 9.57. The second kappa shape index (κ2) is 5.36. The predicted molar refractivity (Wildman–Crippen MR) is 66.8 cm³/mol. The molecule has 1 aromatic rings. The molecule has 0 radical (unpaired) electrons. The second-order valence-corrected chi connectivity index (χ2v) is 4.11. The van der Waals surface area contributed by atoms with Gasteiger partial charge in [0, 0.05) is 5.56 Å². The lowest BCUT2D eigenvalue weighted by molar-refractivity contribution is 0.0697. The first kappa shape index (κ1) is 11.5. The molecular weight excluding hydrogens is 212 g/mol. The minimum absolute atomic E-state index is 0.299. The van der Waals surface area contributed by atoms with Crippen LogP contribution in [0, 0.1) is 11.8 Å². The summed E-state index contributed by atoms with van der Waals surface area (Å²) >= 11 is 0. The van der Waals surface area contributed by atoms with E-state index in [0.717, 1.165) is 18.4 Å². The highest BCUT2D eigenvalue weighted by Gasteiger charge is 2.01. The highest BCUT2D eigenvalue weighted by atomic mass is 16.4. The minimum atomic E-state index is -0.903. The number of hydrogen-bond acceptors (Lipinski definition) is 1. The van der Waals surface area contributed by atoms with Crippen molar-refractivity contribution in [1.29, 1.82) is 0 Å². The highest BCUT2D eigenvalue weighted by Crippen LogP contribution is 2.16. The lowest BCUT2D eigenvalue weighted by Crippen LogP contribution is -1.95. The molecule has 0 heterocycles. The molecule has 0 atom stereocenters. The Bertz CT molecular complexity index is 498. The topological polar surface area (TPSA) is 37.3 Å². The van der Waals surface area contributed by atoms with E-state index in [1.54, 1.807) is 24.3 Å². The van der Waals surface area contributed by atoms with Gasteiger partial charge in [-0.05, 0) is 55.5 Å². The average molecular weight is 226 g/mol. The fourth-order valence-corrected chi connectivity index (χ4v) is 1.80. The molecule has 0 fully saturated rings. The normalized spacial score (nSPS) is 14.5. The number of allylic oxidation sites excluding steroid dienone is 2. The third kappa shape index (κ3) is 3.22. The van der Waals surface area contributed by atoms with E-state index < -0.39 is 5.97 Å². The van der Waals surface area contributed by atoms with Gasteiger partial charge in [-0.2, -0.15) is 0 Å². The van der Waals surface area contributed by atoms with Crippen LogP contribution in [0.5, 0.6) is 0 Å². The fourth-order valence-electron chi connectivity index (χ4n) is 1.80. The number of hydrogen-bond donors (Lipinski definition) is 1. The molecule has 0 aliphatic heterocycles. The SMILES string of the molecule is O=C(O)c1ccc(C#CC2=CCCCC2)cc1. The van der Waals surface area contributed by atoms with Crippen LogP contribution in [0.2, 0.25) is 0 Å². The monoisotopic (exact) mass is 226 g/mol. The number of aromatic carboxylic acids is 1. The summed E-state index contributed by atoms with van der Waals surface area (Å²) in [6.45, 7) is 0. The minimum Gasteiger partial charge on any atom is -0.478 e. The molecule has 1 N–H and O–H groups in total. The summed E-state index contributed by atoms with van der Waals surface area (Å²) in [6, 6.07) is 6.67. The van der Waals surface area contributed by atoms with Gasteiger partial charge < -0.3 is 5.11 Å². The van der Waals surface area contributed by atoms with E-state index in [4.69, 9.17) is 5.11 Å². The molecule has 2 rings (SSSR count). The van der Waals surface area contributed by atoms with Gasteiger partial charge in [0.1, 0.15) is 0 Å². The van der Waals surface area contributed by atoms with Crippen molar-refractivity contribution in [3.8, 4) is 11.8 Å². The van der Waals surface area contributed by atoms with Gasteiger partial charge in [0.05, 0.1) is 5.56 Å². The molecule has 0 saturated heterocycles. The van der Waals surface area contributed by atoms with Gasteiger partial charge in [-0.15, -0.1) is 0 Å². The van der Waals surface area contributed by atoms with Crippen molar-refractivity contribution >= 4 is 5.97 Å². The standard InChI is InChI=1S/C15H14O2/c16-15(17)14-10-8-13(9-11-14)7-6-12-4-2-1-3-5-12/h4,8-11H,1-3,5H2,(H,16,17).